The highest BCUT2D eigenvalue weighted by Gasteiger charge is 2.11. The van der Waals surface area contributed by atoms with Crippen molar-refractivity contribution in [2.24, 2.45) is 0 Å². The van der Waals surface area contributed by atoms with Crippen LogP contribution < -0.4 is 16.0 Å². The molecule has 6 heteroatoms. The summed E-state index contributed by atoms with van der Waals surface area (Å²) in [7, 11) is 0. The summed E-state index contributed by atoms with van der Waals surface area (Å²) in [6, 6.07) is 20.8. The fourth-order valence-corrected chi connectivity index (χ4v) is 2.77. The summed E-state index contributed by atoms with van der Waals surface area (Å²) >= 11 is 0. The maximum atomic E-state index is 12.5. The summed E-state index contributed by atoms with van der Waals surface area (Å²) in [5, 5.41) is 8.27. The van der Waals surface area contributed by atoms with Gasteiger partial charge < -0.3 is 16.0 Å². The Morgan fingerprint density at radius 2 is 1.14 bits per heavy atom. The summed E-state index contributed by atoms with van der Waals surface area (Å²) in [5.74, 6) is -0.782. The van der Waals surface area contributed by atoms with Crippen molar-refractivity contribution in [3.63, 3.8) is 0 Å². The molecule has 146 valence electrons. The van der Waals surface area contributed by atoms with Crippen LogP contribution in [0.1, 0.15) is 33.2 Å². The average molecular weight is 387 g/mol. The Morgan fingerprint density at radius 3 is 1.69 bits per heavy atom. The molecule has 0 aliphatic carbocycles. The Bertz CT molecular complexity index is 1060. The van der Waals surface area contributed by atoms with Gasteiger partial charge in [-0.05, 0) is 67.1 Å². The van der Waals surface area contributed by atoms with E-state index in [-0.39, 0.29) is 17.7 Å². The zero-order valence-electron chi connectivity index (χ0n) is 16.2. The Kier molecular flexibility index (Phi) is 6.04. The number of benzene rings is 3. The molecule has 0 spiro atoms. The highest BCUT2D eigenvalue weighted by Crippen LogP contribution is 2.16. The number of nitrogens with one attached hydrogen (secondary N) is 3. The molecule has 3 aromatic carbocycles. The molecule has 3 N–H and O–H groups in total. The smallest absolute Gasteiger partial charge is 0.255 e. The first-order chi connectivity index (χ1) is 13.9. The highest BCUT2D eigenvalue weighted by atomic mass is 16.2. The van der Waals surface area contributed by atoms with Gasteiger partial charge in [-0.2, -0.15) is 0 Å². The second kappa shape index (κ2) is 8.84. The Morgan fingerprint density at radius 1 is 0.621 bits per heavy atom. The largest absolute Gasteiger partial charge is 0.326 e. The van der Waals surface area contributed by atoms with Gasteiger partial charge in [0.05, 0.1) is 0 Å². The van der Waals surface area contributed by atoms with E-state index in [4.69, 9.17) is 0 Å². The van der Waals surface area contributed by atoms with E-state index in [2.05, 4.69) is 16.0 Å². The van der Waals surface area contributed by atoms with E-state index in [0.29, 0.717) is 28.2 Å². The second-order valence-electron chi connectivity index (χ2n) is 6.62. The minimum atomic E-state index is -0.331. The van der Waals surface area contributed by atoms with Crippen molar-refractivity contribution in [2.45, 2.75) is 13.8 Å². The Balaban J connectivity index is 1.68. The van der Waals surface area contributed by atoms with E-state index >= 15 is 0 Å². The molecule has 0 fully saturated rings. The topological polar surface area (TPSA) is 87.3 Å². The third-order valence-electron chi connectivity index (χ3n) is 4.13. The van der Waals surface area contributed by atoms with Crippen LogP contribution in [0.4, 0.5) is 17.1 Å². The summed E-state index contributed by atoms with van der Waals surface area (Å²) in [4.78, 5) is 36.1. The second-order valence-corrected chi connectivity index (χ2v) is 6.62. The Labute approximate surface area is 169 Å². The molecule has 0 saturated carbocycles. The fraction of sp³-hybridized carbons (Fsp3) is 0.0870. The number of amides is 3. The molecule has 0 saturated heterocycles. The van der Waals surface area contributed by atoms with Crippen molar-refractivity contribution in [3.8, 4) is 0 Å². The maximum Gasteiger partial charge on any atom is 0.255 e. The molecular formula is C23H21N3O3. The monoisotopic (exact) mass is 387 g/mol. The number of carbonyl (C=O) groups is 3. The first-order valence-corrected chi connectivity index (χ1v) is 9.08. The van der Waals surface area contributed by atoms with E-state index in [1.807, 2.05) is 31.2 Å². The standard InChI is InChI=1S/C23H21N3O3/c1-15-5-3-8-21(13-15)26-23(29)18-7-4-6-17(14-18)22(28)25-20-11-9-19(10-12-20)24-16(2)27/h3-14H,1-2H3,(H,24,27)(H,25,28)(H,26,29). The molecule has 0 unspecified atom stereocenters. The van der Waals surface area contributed by atoms with Crippen molar-refractivity contribution in [2.75, 3.05) is 16.0 Å². The molecule has 0 aromatic heterocycles. The van der Waals surface area contributed by atoms with Crippen molar-refractivity contribution in [1.29, 1.82) is 0 Å². The molecule has 3 rings (SSSR count). The van der Waals surface area contributed by atoms with Gasteiger partial charge in [0.15, 0.2) is 0 Å². The van der Waals surface area contributed by atoms with Crippen molar-refractivity contribution >= 4 is 34.8 Å². The van der Waals surface area contributed by atoms with E-state index in [1.54, 1.807) is 48.5 Å². The number of rotatable bonds is 5. The van der Waals surface area contributed by atoms with E-state index in [1.165, 1.54) is 6.92 Å². The van der Waals surface area contributed by atoms with Crippen molar-refractivity contribution in [1.82, 2.24) is 0 Å². The lowest BCUT2D eigenvalue weighted by Crippen LogP contribution is -2.15. The predicted molar refractivity (Wildman–Crippen MR) is 114 cm³/mol. The molecule has 6 nitrogen and oxygen atoms in total. The van der Waals surface area contributed by atoms with Crippen molar-refractivity contribution < 1.29 is 14.4 Å². The van der Waals surface area contributed by atoms with Crippen LogP contribution in [0.3, 0.4) is 0 Å². The van der Waals surface area contributed by atoms with Crippen LogP contribution >= 0.6 is 0 Å². The molecule has 0 heterocycles. The van der Waals surface area contributed by atoms with Crippen LogP contribution in [0.15, 0.2) is 72.8 Å². The molecule has 29 heavy (non-hydrogen) atoms. The van der Waals surface area contributed by atoms with Gasteiger partial charge in [-0.15, -0.1) is 0 Å². The zero-order chi connectivity index (χ0) is 20.8. The van der Waals surface area contributed by atoms with Crippen LogP contribution in [0.2, 0.25) is 0 Å². The summed E-state index contributed by atoms with van der Waals surface area (Å²) in [5.41, 5.74) is 3.72. The summed E-state index contributed by atoms with van der Waals surface area (Å²) in [6.07, 6.45) is 0. The molecule has 3 amide bonds. The lowest BCUT2D eigenvalue weighted by molar-refractivity contribution is -0.114. The minimum Gasteiger partial charge on any atom is -0.326 e. The van der Waals surface area contributed by atoms with Gasteiger partial charge >= 0.3 is 0 Å². The molecular weight excluding hydrogens is 366 g/mol. The van der Waals surface area contributed by atoms with Crippen LogP contribution in [0.5, 0.6) is 0 Å². The summed E-state index contributed by atoms with van der Waals surface area (Å²) in [6.45, 7) is 3.38. The summed E-state index contributed by atoms with van der Waals surface area (Å²) < 4.78 is 0. The van der Waals surface area contributed by atoms with Gasteiger partial charge in [-0.25, -0.2) is 0 Å². The van der Waals surface area contributed by atoms with Gasteiger partial charge in [0, 0.05) is 35.1 Å². The van der Waals surface area contributed by atoms with Gasteiger partial charge in [-0.1, -0.05) is 18.2 Å². The van der Waals surface area contributed by atoms with Gasteiger partial charge in [0.1, 0.15) is 0 Å². The molecule has 0 radical (unpaired) electrons. The van der Waals surface area contributed by atoms with Crippen LogP contribution in [-0.4, -0.2) is 17.7 Å². The highest BCUT2D eigenvalue weighted by molar-refractivity contribution is 6.08. The normalized spacial score (nSPS) is 10.1. The number of hydrogen-bond acceptors (Lipinski definition) is 3. The predicted octanol–water partition coefficient (Wildman–Crippen LogP) is 4.46. The van der Waals surface area contributed by atoms with Crippen molar-refractivity contribution in [3.05, 3.63) is 89.5 Å². The number of aryl methyl sites for hydroxylation is 1. The van der Waals surface area contributed by atoms with E-state index in [0.717, 1.165) is 5.56 Å². The van der Waals surface area contributed by atoms with Crippen LogP contribution in [0.25, 0.3) is 0 Å². The van der Waals surface area contributed by atoms with Gasteiger partial charge in [-0.3, -0.25) is 14.4 Å². The first kappa shape index (κ1) is 19.8. The lowest BCUT2D eigenvalue weighted by Gasteiger charge is -2.09. The average Bonchev–Trinajstić information content (AvgIpc) is 2.69. The van der Waals surface area contributed by atoms with E-state index in [9.17, 15) is 14.4 Å². The van der Waals surface area contributed by atoms with Crippen LogP contribution in [-0.2, 0) is 4.79 Å². The number of carbonyl (C=O) groups excluding carboxylic acids is 3. The molecule has 0 bridgehead atoms. The molecule has 0 atom stereocenters. The zero-order valence-corrected chi connectivity index (χ0v) is 16.2. The van der Waals surface area contributed by atoms with Gasteiger partial charge in [0.2, 0.25) is 5.91 Å². The third kappa shape index (κ3) is 5.52. The molecule has 0 aliphatic rings. The third-order valence-corrected chi connectivity index (χ3v) is 4.13. The SMILES string of the molecule is CC(=O)Nc1ccc(NC(=O)c2cccc(C(=O)Nc3cccc(C)c3)c2)cc1. The lowest BCUT2D eigenvalue weighted by atomic mass is 10.1. The molecule has 0 aliphatic heterocycles. The maximum absolute atomic E-state index is 12.5. The van der Waals surface area contributed by atoms with Crippen LogP contribution in [0, 0.1) is 6.92 Å². The fourth-order valence-electron chi connectivity index (χ4n) is 2.77. The quantitative estimate of drug-likeness (QED) is 0.604. The number of anilines is 3. The van der Waals surface area contributed by atoms with Gasteiger partial charge in [0.25, 0.3) is 11.8 Å². The van der Waals surface area contributed by atoms with E-state index < -0.39 is 0 Å². The Hall–Kier alpha value is -3.93. The minimum absolute atomic E-state index is 0.164. The number of hydrogen-bond donors (Lipinski definition) is 3. The molecule has 3 aromatic rings. The first-order valence-electron chi connectivity index (χ1n) is 9.08.